The monoisotopic (exact) mass is 192 g/mol. The standard InChI is InChI=1S/C3HBrF4/c4-2(5)1-3(6,7)8/h1H. The van der Waals surface area contributed by atoms with Crippen LogP contribution in [-0.2, 0) is 0 Å². The average molecular weight is 193 g/mol. The van der Waals surface area contributed by atoms with Gasteiger partial charge in [0.25, 0.3) is 0 Å². The third kappa shape index (κ3) is 5.94. The second-order valence-corrected chi connectivity index (χ2v) is 1.73. The molecule has 0 aliphatic carbocycles. The lowest BCUT2D eigenvalue weighted by Crippen LogP contribution is -2.00. The van der Waals surface area contributed by atoms with Gasteiger partial charge in [-0.05, 0) is 15.9 Å². The van der Waals surface area contributed by atoms with Crippen LogP contribution in [0.4, 0.5) is 17.6 Å². The van der Waals surface area contributed by atoms with Gasteiger partial charge >= 0.3 is 6.18 Å². The van der Waals surface area contributed by atoms with Crippen molar-refractivity contribution in [1.82, 2.24) is 0 Å². The molecule has 0 saturated heterocycles. The lowest BCUT2D eigenvalue weighted by atomic mass is 10.6. The van der Waals surface area contributed by atoms with Gasteiger partial charge in [0.2, 0.25) is 0 Å². The van der Waals surface area contributed by atoms with Gasteiger partial charge in [-0.2, -0.15) is 17.6 Å². The zero-order chi connectivity index (χ0) is 6.78. The number of halogens is 5. The SMILES string of the molecule is FC(Br)=CC(F)(F)F. The van der Waals surface area contributed by atoms with Crippen LogP contribution in [0.3, 0.4) is 0 Å². The first-order chi connectivity index (χ1) is 3.42. The van der Waals surface area contributed by atoms with Crippen LogP contribution in [0.5, 0.6) is 0 Å². The highest BCUT2D eigenvalue weighted by Gasteiger charge is 2.24. The predicted molar refractivity (Wildman–Crippen MR) is 24.2 cm³/mol. The van der Waals surface area contributed by atoms with E-state index >= 15 is 0 Å². The van der Waals surface area contributed by atoms with Gasteiger partial charge in [-0.15, -0.1) is 0 Å². The molecule has 0 heterocycles. The van der Waals surface area contributed by atoms with E-state index in [0.29, 0.717) is 0 Å². The summed E-state index contributed by atoms with van der Waals surface area (Å²) in [5.74, 6) is 0. The van der Waals surface area contributed by atoms with E-state index in [1.807, 2.05) is 15.9 Å². The van der Waals surface area contributed by atoms with Crippen molar-refractivity contribution in [3.63, 3.8) is 0 Å². The highest BCUT2D eigenvalue weighted by Crippen LogP contribution is 2.21. The molecule has 0 saturated carbocycles. The lowest BCUT2D eigenvalue weighted by Gasteiger charge is -1.94. The average Bonchev–Trinajstić information content (AvgIpc) is 1.21. The molecular formula is C3HBrF4. The van der Waals surface area contributed by atoms with Crippen LogP contribution in [0.2, 0.25) is 0 Å². The minimum absolute atomic E-state index is 0.479. The van der Waals surface area contributed by atoms with Gasteiger partial charge in [0.15, 0.2) is 4.74 Å². The Balaban J connectivity index is 3.89. The Bertz CT molecular complexity index is 98.3. The molecule has 0 atom stereocenters. The van der Waals surface area contributed by atoms with Gasteiger partial charge in [-0.1, -0.05) is 0 Å². The largest absolute Gasteiger partial charge is 0.413 e. The molecule has 0 N–H and O–H groups in total. The summed E-state index contributed by atoms with van der Waals surface area (Å²) in [6.45, 7) is 0. The van der Waals surface area contributed by atoms with E-state index < -0.39 is 17.0 Å². The number of hydrogen-bond acceptors (Lipinski definition) is 0. The van der Waals surface area contributed by atoms with E-state index in [0.717, 1.165) is 0 Å². The smallest absolute Gasteiger partial charge is 0.199 e. The number of hydrogen-bond donors (Lipinski definition) is 0. The molecule has 0 nitrogen and oxygen atoms in total. The Hall–Kier alpha value is -0.0600. The third-order valence-electron chi connectivity index (χ3n) is 0.273. The van der Waals surface area contributed by atoms with Gasteiger partial charge in [-0.25, -0.2) is 0 Å². The molecule has 0 aromatic carbocycles. The van der Waals surface area contributed by atoms with Crippen molar-refractivity contribution < 1.29 is 17.6 Å². The van der Waals surface area contributed by atoms with Crippen molar-refractivity contribution in [3.05, 3.63) is 10.8 Å². The third-order valence-corrected chi connectivity index (χ3v) is 0.502. The number of rotatable bonds is 0. The lowest BCUT2D eigenvalue weighted by molar-refractivity contribution is -0.0807. The first kappa shape index (κ1) is 7.94. The van der Waals surface area contributed by atoms with Crippen LogP contribution in [0.1, 0.15) is 0 Å². The van der Waals surface area contributed by atoms with Crippen LogP contribution in [0.25, 0.3) is 0 Å². The summed E-state index contributed by atoms with van der Waals surface area (Å²) in [6, 6.07) is 0. The van der Waals surface area contributed by atoms with Crippen molar-refractivity contribution in [2.45, 2.75) is 6.18 Å². The van der Waals surface area contributed by atoms with Gasteiger partial charge in [0, 0.05) is 0 Å². The van der Waals surface area contributed by atoms with E-state index in [9.17, 15) is 17.6 Å². The molecule has 0 aliphatic heterocycles. The van der Waals surface area contributed by atoms with Gasteiger partial charge in [0.05, 0.1) is 6.08 Å². The Morgan fingerprint density at radius 1 is 1.38 bits per heavy atom. The fraction of sp³-hybridized carbons (Fsp3) is 0.333. The molecule has 0 fully saturated rings. The summed E-state index contributed by atoms with van der Waals surface area (Å²) in [4.78, 5) is 0. The number of allylic oxidation sites excluding steroid dienone is 1. The summed E-state index contributed by atoms with van der Waals surface area (Å²) in [6.07, 6.45) is -5.04. The van der Waals surface area contributed by atoms with Gasteiger partial charge in [0.1, 0.15) is 0 Å². The van der Waals surface area contributed by atoms with E-state index in [4.69, 9.17) is 0 Å². The van der Waals surface area contributed by atoms with E-state index in [1.54, 1.807) is 0 Å². The maximum absolute atomic E-state index is 11.3. The van der Waals surface area contributed by atoms with Crippen LogP contribution < -0.4 is 0 Å². The predicted octanol–water partition coefficient (Wildman–Crippen LogP) is 2.75. The van der Waals surface area contributed by atoms with E-state index in [-0.39, 0.29) is 0 Å². The Kier molecular flexibility index (Phi) is 2.46. The first-order valence-corrected chi connectivity index (χ1v) is 2.32. The molecule has 0 aromatic heterocycles. The topological polar surface area (TPSA) is 0 Å². The van der Waals surface area contributed by atoms with E-state index in [2.05, 4.69) is 0 Å². The molecule has 0 amide bonds. The summed E-state index contributed by atoms with van der Waals surface area (Å²) in [5.41, 5.74) is 0. The molecular weight excluding hydrogens is 192 g/mol. The fourth-order valence-electron chi connectivity index (χ4n) is 0.124. The Morgan fingerprint density at radius 3 is 1.75 bits per heavy atom. The molecule has 0 aliphatic rings. The van der Waals surface area contributed by atoms with Crippen molar-refractivity contribution in [3.8, 4) is 0 Å². The minimum Gasteiger partial charge on any atom is -0.199 e. The maximum atomic E-state index is 11.3. The molecule has 0 unspecified atom stereocenters. The molecule has 8 heavy (non-hydrogen) atoms. The summed E-state index contributed by atoms with van der Waals surface area (Å²) >= 11 is 1.98. The van der Waals surface area contributed by atoms with Crippen molar-refractivity contribution in [2.24, 2.45) is 0 Å². The zero-order valence-corrected chi connectivity index (χ0v) is 5.05. The molecule has 0 bridgehead atoms. The molecule has 0 rings (SSSR count). The van der Waals surface area contributed by atoms with Gasteiger partial charge in [-0.3, -0.25) is 0 Å². The summed E-state index contributed by atoms with van der Waals surface area (Å²) in [7, 11) is 0. The Labute approximate surface area is 51.3 Å². The van der Waals surface area contributed by atoms with E-state index in [1.165, 1.54) is 0 Å². The van der Waals surface area contributed by atoms with Crippen LogP contribution in [-0.4, -0.2) is 6.18 Å². The molecule has 5 heteroatoms. The highest BCUT2D eigenvalue weighted by molar-refractivity contribution is 9.11. The molecule has 0 spiro atoms. The molecule has 0 radical (unpaired) electrons. The van der Waals surface area contributed by atoms with Gasteiger partial charge < -0.3 is 0 Å². The van der Waals surface area contributed by atoms with Crippen molar-refractivity contribution in [2.75, 3.05) is 0 Å². The maximum Gasteiger partial charge on any atom is 0.413 e. The minimum atomic E-state index is -4.56. The van der Waals surface area contributed by atoms with Crippen molar-refractivity contribution >= 4 is 15.9 Å². The molecule has 48 valence electrons. The second kappa shape index (κ2) is 2.48. The fourth-order valence-corrected chi connectivity index (χ4v) is 0.383. The number of alkyl halides is 3. The first-order valence-electron chi connectivity index (χ1n) is 1.52. The van der Waals surface area contributed by atoms with Crippen LogP contribution in [0.15, 0.2) is 10.8 Å². The van der Waals surface area contributed by atoms with Crippen LogP contribution in [0, 0.1) is 0 Å². The van der Waals surface area contributed by atoms with Crippen LogP contribution >= 0.6 is 15.9 Å². The normalized spacial score (nSPS) is 14.4. The highest BCUT2D eigenvalue weighted by atomic mass is 79.9. The summed E-state index contributed by atoms with van der Waals surface area (Å²) < 4.78 is 42.7. The quantitative estimate of drug-likeness (QED) is 0.518. The Morgan fingerprint density at radius 2 is 1.75 bits per heavy atom. The van der Waals surface area contributed by atoms with Crippen molar-refractivity contribution in [1.29, 1.82) is 0 Å². The second-order valence-electron chi connectivity index (χ2n) is 0.976. The molecule has 0 aromatic rings. The zero-order valence-electron chi connectivity index (χ0n) is 3.47. The summed E-state index contributed by atoms with van der Waals surface area (Å²) in [5, 5.41) is 0.